The van der Waals surface area contributed by atoms with E-state index >= 15 is 0 Å². The number of rotatable bonds is 4. The first-order chi connectivity index (χ1) is 15.3. The molecule has 31 heavy (non-hydrogen) atoms. The molecule has 0 heterocycles. The second-order valence-electron chi connectivity index (χ2n) is 8.88. The zero-order valence-corrected chi connectivity index (χ0v) is 17.7. The lowest BCUT2D eigenvalue weighted by atomic mass is 9.79. The predicted molar refractivity (Wildman–Crippen MR) is 131 cm³/mol. The summed E-state index contributed by atoms with van der Waals surface area (Å²) in [5.41, 5.74) is 12.8. The van der Waals surface area contributed by atoms with E-state index in [2.05, 4.69) is 103 Å². The van der Waals surface area contributed by atoms with Crippen LogP contribution in [0.25, 0.3) is 16.7 Å². The van der Waals surface area contributed by atoms with Gasteiger partial charge in [-0.05, 0) is 75.8 Å². The number of benzene rings is 3. The maximum absolute atomic E-state index is 2.44. The van der Waals surface area contributed by atoms with Gasteiger partial charge in [0, 0.05) is 5.92 Å². The quantitative estimate of drug-likeness (QED) is 0.426. The Bertz CT molecular complexity index is 1250. The number of fused-ring (bicyclic) bond motifs is 2. The molecule has 0 saturated heterocycles. The highest BCUT2D eigenvalue weighted by Gasteiger charge is 2.26. The Hall–Kier alpha value is -3.38. The van der Waals surface area contributed by atoms with Crippen molar-refractivity contribution >= 4 is 5.57 Å². The lowest BCUT2D eigenvalue weighted by molar-refractivity contribution is 0.911. The van der Waals surface area contributed by atoms with E-state index in [1.54, 1.807) is 11.1 Å². The van der Waals surface area contributed by atoms with Gasteiger partial charge in [0.2, 0.25) is 0 Å². The first-order valence-electron chi connectivity index (χ1n) is 11.4. The van der Waals surface area contributed by atoms with Crippen molar-refractivity contribution < 1.29 is 0 Å². The van der Waals surface area contributed by atoms with E-state index in [9.17, 15) is 0 Å². The third-order valence-electron chi connectivity index (χ3n) is 6.97. The molecular formula is C31H26. The van der Waals surface area contributed by atoms with E-state index in [1.165, 1.54) is 58.2 Å². The zero-order valence-electron chi connectivity index (χ0n) is 17.7. The van der Waals surface area contributed by atoms with E-state index in [4.69, 9.17) is 0 Å². The van der Waals surface area contributed by atoms with Crippen molar-refractivity contribution in [1.29, 1.82) is 0 Å². The van der Waals surface area contributed by atoms with Gasteiger partial charge in [0.25, 0.3) is 0 Å². The fourth-order valence-electron chi connectivity index (χ4n) is 5.30. The van der Waals surface area contributed by atoms with Crippen LogP contribution in [0, 0.1) is 5.92 Å². The molecule has 0 spiro atoms. The van der Waals surface area contributed by atoms with E-state index < -0.39 is 0 Å². The third-order valence-corrected chi connectivity index (χ3v) is 6.97. The molecule has 0 fully saturated rings. The van der Waals surface area contributed by atoms with Crippen LogP contribution >= 0.6 is 0 Å². The Morgan fingerprint density at radius 3 is 2.29 bits per heavy atom. The molecule has 0 radical (unpaired) electrons. The topological polar surface area (TPSA) is 0 Å². The first-order valence-corrected chi connectivity index (χ1v) is 11.4. The Balaban J connectivity index is 1.28. The SMILES string of the molecule is C1=CC2C(=C1)C(Cc1ccc(-c3ccccc3)cc1)=CC=C2c1ccc2c(c1)CCC2. The summed E-state index contributed by atoms with van der Waals surface area (Å²) in [6.07, 6.45) is 16.4. The van der Waals surface area contributed by atoms with Crippen molar-refractivity contribution in [3.63, 3.8) is 0 Å². The second kappa shape index (κ2) is 7.71. The standard InChI is InChI=1S/C31H26/c1-2-6-23(7-3-1)25-14-12-22(13-15-25)20-27-18-19-30(31-11-5-10-29(27)31)28-17-16-24-8-4-9-26(24)21-28/h1-3,5-7,10-19,21,31H,4,8-9,20H2. The van der Waals surface area contributed by atoms with E-state index in [1.807, 2.05) is 0 Å². The minimum absolute atomic E-state index is 0.392. The maximum atomic E-state index is 2.44. The summed E-state index contributed by atoms with van der Waals surface area (Å²) >= 11 is 0. The van der Waals surface area contributed by atoms with E-state index in [0.29, 0.717) is 5.92 Å². The summed E-state index contributed by atoms with van der Waals surface area (Å²) in [4.78, 5) is 0. The largest absolute Gasteiger partial charge is 0.0726 e. The normalized spacial score (nSPS) is 18.8. The van der Waals surface area contributed by atoms with Gasteiger partial charge in [0.15, 0.2) is 0 Å². The van der Waals surface area contributed by atoms with Gasteiger partial charge in [-0.15, -0.1) is 0 Å². The lowest BCUT2D eigenvalue weighted by Gasteiger charge is -2.25. The summed E-state index contributed by atoms with van der Waals surface area (Å²) < 4.78 is 0. The van der Waals surface area contributed by atoms with Gasteiger partial charge in [0.05, 0.1) is 0 Å². The van der Waals surface area contributed by atoms with Gasteiger partial charge < -0.3 is 0 Å². The van der Waals surface area contributed by atoms with Crippen molar-refractivity contribution in [2.75, 3.05) is 0 Å². The van der Waals surface area contributed by atoms with Gasteiger partial charge in [-0.25, -0.2) is 0 Å². The Morgan fingerprint density at radius 1 is 0.645 bits per heavy atom. The number of hydrogen-bond donors (Lipinski definition) is 0. The molecule has 6 rings (SSSR count). The van der Waals surface area contributed by atoms with Gasteiger partial charge >= 0.3 is 0 Å². The zero-order chi connectivity index (χ0) is 20.6. The summed E-state index contributed by atoms with van der Waals surface area (Å²) in [7, 11) is 0. The van der Waals surface area contributed by atoms with Crippen LogP contribution < -0.4 is 0 Å². The molecule has 3 aromatic rings. The van der Waals surface area contributed by atoms with E-state index in [0.717, 1.165) is 6.42 Å². The minimum Gasteiger partial charge on any atom is -0.0726 e. The van der Waals surface area contributed by atoms with Crippen LogP contribution in [0.2, 0.25) is 0 Å². The molecule has 0 N–H and O–H groups in total. The molecule has 3 aliphatic carbocycles. The molecule has 1 atom stereocenters. The van der Waals surface area contributed by atoms with Crippen LogP contribution in [0.3, 0.4) is 0 Å². The Morgan fingerprint density at radius 2 is 1.42 bits per heavy atom. The summed E-state index contributed by atoms with van der Waals surface area (Å²) in [6.45, 7) is 0. The van der Waals surface area contributed by atoms with Crippen molar-refractivity contribution in [2.24, 2.45) is 5.92 Å². The molecule has 3 aromatic carbocycles. The molecule has 0 aromatic heterocycles. The highest BCUT2D eigenvalue weighted by Crippen LogP contribution is 2.42. The van der Waals surface area contributed by atoms with Crippen molar-refractivity contribution in [2.45, 2.75) is 25.7 Å². The second-order valence-corrected chi connectivity index (χ2v) is 8.88. The fraction of sp³-hybridized carbons (Fsp3) is 0.161. The average Bonchev–Trinajstić information content (AvgIpc) is 3.50. The molecular weight excluding hydrogens is 372 g/mol. The number of aryl methyl sites for hydroxylation is 2. The molecule has 3 aliphatic rings. The average molecular weight is 399 g/mol. The monoisotopic (exact) mass is 398 g/mol. The molecule has 0 heteroatoms. The smallest absolute Gasteiger partial charge is 0.0281 e. The van der Waals surface area contributed by atoms with Gasteiger partial charge in [0.1, 0.15) is 0 Å². The van der Waals surface area contributed by atoms with Gasteiger partial charge in [-0.2, -0.15) is 0 Å². The van der Waals surface area contributed by atoms with Gasteiger partial charge in [-0.3, -0.25) is 0 Å². The molecule has 1 unspecified atom stereocenters. The van der Waals surface area contributed by atoms with Crippen LogP contribution in [-0.4, -0.2) is 0 Å². The summed E-state index contributed by atoms with van der Waals surface area (Å²) in [6, 6.07) is 26.8. The first kappa shape index (κ1) is 18.4. The third kappa shape index (κ3) is 3.43. The molecule has 0 bridgehead atoms. The lowest BCUT2D eigenvalue weighted by Crippen LogP contribution is -2.10. The number of allylic oxidation sites excluding steroid dienone is 8. The molecule has 0 amide bonds. The van der Waals surface area contributed by atoms with Crippen molar-refractivity contribution in [3.05, 3.63) is 137 Å². The molecule has 0 nitrogen and oxygen atoms in total. The molecule has 150 valence electrons. The van der Waals surface area contributed by atoms with Gasteiger partial charge in [-0.1, -0.05) is 103 Å². The van der Waals surface area contributed by atoms with Crippen LogP contribution in [-0.2, 0) is 19.3 Å². The minimum atomic E-state index is 0.392. The Labute approximate surface area is 185 Å². The fourth-order valence-corrected chi connectivity index (χ4v) is 5.30. The van der Waals surface area contributed by atoms with Crippen molar-refractivity contribution in [3.8, 4) is 11.1 Å². The highest BCUT2D eigenvalue weighted by atomic mass is 14.3. The van der Waals surface area contributed by atoms with Crippen LogP contribution in [0.4, 0.5) is 0 Å². The summed E-state index contributed by atoms with van der Waals surface area (Å²) in [5, 5.41) is 0. The van der Waals surface area contributed by atoms with Crippen LogP contribution in [0.5, 0.6) is 0 Å². The highest BCUT2D eigenvalue weighted by molar-refractivity contribution is 5.79. The van der Waals surface area contributed by atoms with Crippen LogP contribution in [0.1, 0.15) is 28.7 Å². The Kier molecular flexibility index (Phi) is 4.57. The molecule has 0 aliphatic heterocycles. The maximum Gasteiger partial charge on any atom is 0.0281 e. The summed E-state index contributed by atoms with van der Waals surface area (Å²) in [5.74, 6) is 0.392. The van der Waals surface area contributed by atoms with Crippen LogP contribution in [0.15, 0.2) is 114 Å². The molecule has 0 saturated carbocycles. The predicted octanol–water partition coefficient (Wildman–Crippen LogP) is 7.52. The van der Waals surface area contributed by atoms with E-state index in [-0.39, 0.29) is 0 Å². The number of hydrogen-bond acceptors (Lipinski definition) is 0. The van der Waals surface area contributed by atoms with Crippen molar-refractivity contribution in [1.82, 2.24) is 0 Å².